The van der Waals surface area contributed by atoms with Gasteiger partial charge in [0.05, 0.1) is 5.69 Å². The van der Waals surface area contributed by atoms with E-state index in [4.69, 9.17) is 10.5 Å². The minimum absolute atomic E-state index is 0.0168. The molecule has 0 atom stereocenters. The Morgan fingerprint density at radius 1 is 1.56 bits per heavy atom. The van der Waals surface area contributed by atoms with Gasteiger partial charge in [0, 0.05) is 18.7 Å². The zero-order valence-electron chi connectivity index (χ0n) is 9.19. The van der Waals surface area contributed by atoms with Crippen molar-refractivity contribution < 1.29 is 14.6 Å². The quantitative estimate of drug-likeness (QED) is 0.613. The first-order valence-corrected chi connectivity index (χ1v) is 5.03. The summed E-state index contributed by atoms with van der Waals surface area (Å²) in [5.74, 6) is 0.712. The molecule has 1 rings (SSSR count). The van der Waals surface area contributed by atoms with Crippen LogP contribution in [0, 0.1) is 0 Å². The van der Waals surface area contributed by atoms with Crippen molar-refractivity contribution in [1.82, 2.24) is 0 Å². The highest BCUT2D eigenvalue weighted by atomic mass is 16.5. The third-order valence-electron chi connectivity index (χ3n) is 2.13. The molecule has 16 heavy (non-hydrogen) atoms. The largest absolute Gasteiger partial charge is 0.508 e. The molecule has 5 heteroatoms. The van der Waals surface area contributed by atoms with Crippen molar-refractivity contribution in [2.45, 2.75) is 6.42 Å². The van der Waals surface area contributed by atoms with Gasteiger partial charge in [-0.05, 0) is 19.0 Å². The van der Waals surface area contributed by atoms with Crippen LogP contribution >= 0.6 is 0 Å². The molecule has 1 aromatic carbocycles. The van der Waals surface area contributed by atoms with Crippen molar-refractivity contribution in [3.05, 3.63) is 17.7 Å². The van der Waals surface area contributed by atoms with Crippen LogP contribution in [0.15, 0.2) is 12.1 Å². The first-order valence-electron chi connectivity index (χ1n) is 5.03. The highest BCUT2D eigenvalue weighted by Crippen LogP contribution is 2.33. The standard InChI is InChI=1S/C11H16N2O3/c1-13-10-7-9(15)6-8(2-3-12)11(10)16-5-4-14/h4,6-7,13,15H,2-3,5,12H2,1H3. The number of carbonyl (C=O) groups is 1. The summed E-state index contributed by atoms with van der Waals surface area (Å²) in [6, 6.07) is 3.13. The number of benzene rings is 1. The van der Waals surface area contributed by atoms with Crippen LogP contribution in [-0.4, -0.2) is 31.6 Å². The number of ether oxygens (including phenoxy) is 1. The summed E-state index contributed by atoms with van der Waals surface area (Å²) in [5, 5.41) is 12.4. The van der Waals surface area contributed by atoms with Crippen LogP contribution in [0.4, 0.5) is 5.69 Å². The summed E-state index contributed by atoms with van der Waals surface area (Å²) >= 11 is 0. The van der Waals surface area contributed by atoms with E-state index in [1.807, 2.05) is 0 Å². The Balaban J connectivity index is 3.10. The summed E-state index contributed by atoms with van der Waals surface area (Å²) in [7, 11) is 1.72. The molecule has 5 nitrogen and oxygen atoms in total. The van der Waals surface area contributed by atoms with E-state index in [0.29, 0.717) is 30.7 Å². The van der Waals surface area contributed by atoms with Crippen molar-refractivity contribution in [1.29, 1.82) is 0 Å². The number of hydrogen-bond donors (Lipinski definition) is 3. The molecule has 0 bridgehead atoms. The second kappa shape index (κ2) is 5.97. The van der Waals surface area contributed by atoms with Gasteiger partial charge in [-0.15, -0.1) is 0 Å². The highest BCUT2D eigenvalue weighted by molar-refractivity contribution is 5.64. The second-order valence-electron chi connectivity index (χ2n) is 3.25. The zero-order valence-corrected chi connectivity index (χ0v) is 9.19. The molecular formula is C11H16N2O3. The van der Waals surface area contributed by atoms with Crippen LogP contribution < -0.4 is 15.8 Å². The van der Waals surface area contributed by atoms with Gasteiger partial charge in [0.15, 0.2) is 6.29 Å². The fourth-order valence-corrected chi connectivity index (χ4v) is 1.49. The molecule has 0 aliphatic rings. The summed E-state index contributed by atoms with van der Waals surface area (Å²) in [5.41, 5.74) is 6.90. The first-order chi connectivity index (χ1) is 7.72. The Kier molecular flexibility index (Phi) is 4.60. The molecule has 88 valence electrons. The van der Waals surface area contributed by atoms with E-state index in [-0.39, 0.29) is 12.4 Å². The lowest BCUT2D eigenvalue weighted by Gasteiger charge is -2.14. The van der Waals surface area contributed by atoms with Crippen molar-refractivity contribution >= 4 is 12.0 Å². The van der Waals surface area contributed by atoms with Gasteiger partial charge in [0.2, 0.25) is 0 Å². The molecule has 0 fully saturated rings. The fourth-order valence-electron chi connectivity index (χ4n) is 1.49. The van der Waals surface area contributed by atoms with E-state index in [9.17, 15) is 9.90 Å². The van der Waals surface area contributed by atoms with E-state index in [1.54, 1.807) is 19.2 Å². The Bertz CT molecular complexity index is 366. The Morgan fingerprint density at radius 2 is 2.31 bits per heavy atom. The maximum Gasteiger partial charge on any atom is 0.157 e. The monoisotopic (exact) mass is 224 g/mol. The number of nitrogens with two attached hydrogens (primary N) is 1. The molecule has 0 heterocycles. The summed E-state index contributed by atoms with van der Waals surface area (Å²) < 4.78 is 5.32. The molecule has 4 N–H and O–H groups in total. The molecule has 1 aromatic rings. The SMILES string of the molecule is CNc1cc(O)cc(CCN)c1OCC=O. The van der Waals surface area contributed by atoms with Gasteiger partial charge >= 0.3 is 0 Å². The van der Waals surface area contributed by atoms with Gasteiger partial charge < -0.3 is 20.9 Å². The Labute approximate surface area is 94.2 Å². The van der Waals surface area contributed by atoms with E-state index < -0.39 is 0 Å². The lowest BCUT2D eigenvalue weighted by molar-refractivity contribution is -0.109. The van der Waals surface area contributed by atoms with Crippen molar-refractivity contribution in [3.8, 4) is 11.5 Å². The Morgan fingerprint density at radius 3 is 2.88 bits per heavy atom. The number of rotatable bonds is 6. The Hall–Kier alpha value is -1.75. The topological polar surface area (TPSA) is 84.6 Å². The molecular weight excluding hydrogens is 208 g/mol. The predicted molar refractivity (Wildman–Crippen MR) is 62.0 cm³/mol. The third kappa shape index (κ3) is 2.87. The predicted octanol–water partition coefficient (Wildman–Crippen LogP) is 0.513. The highest BCUT2D eigenvalue weighted by Gasteiger charge is 2.10. The molecule has 0 radical (unpaired) electrons. The van der Waals surface area contributed by atoms with Gasteiger partial charge in [0.1, 0.15) is 18.1 Å². The van der Waals surface area contributed by atoms with Crippen LogP contribution in [0.2, 0.25) is 0 Å². The number of anilines is 1. The summed E-state index contributed by atoms with van der Waals surface area (Å²) in [4.78, 5) is 10.3. The summed E-state index contributed by atoms with van der Waals surface area (Å²) in [6.45, 7) is 0.432. The van der Waals surface area contributed by atoms with Crippen LogP contribution in [-0.2, 0) is 11.2 Å². The van der Waals surface area contributed by atoms with Crippen LogP contribution in [0.25, 0.3) is 0 Å². The average Bonchev–Trinajstić information content (AvgIpc) is 2.27. The molecule has 0 saturated carbocycles. The normalized spacial score (nSPS) is 9.88. The molecule has 0 unspecified atom stereocenters. The maximum absolute atomic E-state index is 10.3. The van der Waals surface area contributed by atoms with Gasteiger partial charge in [-0.2, -0.15) is 0 Å². The van der Waals surface area contributed by atoms with Crippen molar-refractivity contribution in [2.24, 2.45) is 5.73 Å². The van der Waals surface area contributed by atoms with E-state index in [1.165, 1.54) is 0 Å². The maximum atomic E-state index is 10.3. The van der Waals surface area contributed by atoms with E-state index in [0.717, 1.165) is 5.56 Å². The number of phenolic OH excluding ortho intramolecular Hbond substituents is 1. The molecule has 0 amide bonds. The number of carbonyl (C=O) groups excluding carboxylic acids is 1. The lowest BCUT2D eigenvalue weighted by Crippen LogP contribution is -2.08. The van der Waals surface area contributed by atoms with Crippen molar-refractivity contribution in [2.75, 3.05) is 25.5 Å². The van der Waals surface area contributed by atoms with E-state index >= 15 is 0 Å². The molecule has 0 saturated heterocycles. The van der Waals surface area contributed by atoms with Crippen molar-refractivity contribution in [3.63, 3.8) is 0 Å². The van der Waals surface area contributed by atoms with Gasteiger partial charge in [-0.25, -0.2) is 0 Å². The summed E-state index contributed by atoms with van der Waals surface area (Å²) in [6.07, 6.45) is 1.26. The minimum atomic E-state index is -0.0168. The van der Waals surface area contributed by atoms with Gasteiger partial charge in [0.25, 0.3) is 0 Å². The minimum Gasteiger partial charge on any atom is -0.508 e. The molecule has 0 aliphatic heterocycles. The lowest BCUT2D eigenvalue weighted by atomic mass is 10.1. The van der Waals surface area contributed by atoms with Gasteiger partial charge in [-0.3, -0.25) is 4.79 Å². The van der Waals surface area contributed by atoms with Gasteiger partial charge in [-0.1, -0.05) is 0 Å². The average molecular weight is 224 g/mol. The zero-order chi connectivity index (χ0) is 12.0. The van der Waals surface area contributed by atoms with Crippen LogP contribution in [0.3, 0.4) is 0 Å². The number of phenols is 1. The molecule has 0 spiro atoms. The van der Waals surface area contributed by atoms with Crippen LogP contribution in [0.5, 0.6) is 11.5 Å². The number of hydrogen-bond acceptors (Lipinski definition) is 5. The third-order valence-corrected chi connectivity index (χ3v) is 2.13. The number of nitrogens with one attached hydrogen (secondary N) is 1. The second-order valence-corrected chi connectivity index (χ2v) is 3.25. The number of aldehydes is 1. The fraction of sp³-hybridized carbons (Fsp3) is 0.364. The molecule has 0 aromatic heterocycles. The van der Waals surface area contributed by atoms with Crippen LogP contribution in [0.1, 0.15) is 5.56 Å². The first kappa shape index (κ1) is 12.3. The smallest absolute Gasteiger partial charge is 0.157 e. The van der Waals surface area contributed by atoms with E-state index in [2.05, 4.69) is 5.32 Å². The molecule has 0 aliphatic carbocycles. The number of aromatic hydroxyl groups is 1.